The molecule has 10 heteroatoms. The lowest BCUT2D eigenvalue weighted by atomic mass is 9.82. The Hall–Kier alpha value is -2.90. The molecule has 1 aliphatic carbocycles. The lowest BCUT2D eigenvalue weighted by Crippen LogP contribution is -2.43. The molecule has 0 radical (unpaired) electrons. The average Bonchev–Trinajstić information content (AvgIpc) is 3.23. The number of ether oxygens (including phenoxy) is 3. The van der Waals surface area contributed by atoms with E-state index in [0.717, 1.165) is 29.2 Å². The van der Waals surface area contributed by atoms with Crippen molar-refractivity contribution in [1.82, 2.24) is 9.55 Å². The third-order valence-corrected chi connectivity index (χ3v) is 8.54. The summed E-state index contributed by atoms with van der Waals surface area (Å²) in [5, 5.41) is 9.59. The number of aromatic nitrogens is 2. The quantitative estimate of drug-likeness (QED) is 0.258. The summed E-state index contributed by atoms with van der Waals surface area (Å²) in [6, 6.07) is 5.03. The van der Waals surface area contributed by atoms with Crippen LogP contribution < -0.4 is 4.90 Å². The molecule has 1 aliphatic rings. The lowest BCUT2D eigenvalue weighted by Gasteiger charge is -2.40. The molecule has 36 heavy (non-hydrogen) atoms. The highest BCUT2D eigenvalue weighted by Gasteiger charge is 2.34. The molecule has 0 N–H and O–H groups in total. The molecule has 9 nitrogen and oxygen atoms in total. The van der Waals surface area contributed by atoms with Gasteiger partial charge >= 0.3 is 11.9 Å². The normalized spacial score (nSPS) is 20.1. The highest BCUT2D eigenvalue weighted by Crippen LogP contribution is 2.37. The van der Waals surface area contributed by atoms with Gasteiger partial charge in [-0.15, -0.1) is 0 Å². The maximum Gasteiger partial charge on any atom is 0.341 e. The van der Waals surface area contributed by atoms with Crippen molar-refractivity contribution in [2.75, 3.05) is 25.7 Å². The molecule has 2 heterocycles. The number of nitriles is 1. The van der Waals surface area contributed by atoms with Gasteiger partial charge in [-0.2, -0.15) is 5.26 Å². The van der Waals surface area contributed by atoms with Gasteiger partial charge in [0.25, 0.3) is 0 Å². The fourth-order valence-corrected chi connectivity index (χ4v) is 5.64. The van der Waals surface area contributed by atoms with E-state index in [0.29, 0.717) is 31.7 Å². The van der Waals surface area contributed by atoms with Crippen LogP contribution in [0.15, 0.2) is 18.5 Å². The van der Waals surface area contributed by atoms with Crippen LogP contribution >= 0.6 is 0 Å². The monoisotopic (exact) mass is 514 g/mol. The van der Waals surface area contributed by atoms with Gasteiger partial charge in [0, 0.05) is 45.6 Å². The second-order valence-electron chi connectivity index (χ2n) is 10.8. The Morgan fingerprint density at radius 3 is 2.69 bits per heavy atom. The molecule has 3 rings (SSSR count). The zero-order chi connectivity index (χ0) is 26.5. The van der Waals surface area contributed by atoms with Crippen molar-refractivity contribution in [3.8, 4) is 6.07 Å². The third-order valence-electron chi connectivity index (χ3n) is 6.84. The zero-order valence-corrected chi connectivity index (χ0v) is 23.2. The maximum atomic E-state index is 12.7. The fraction of sp³-hybridized carbons (Fsp3) is 0.615. The topological polar surface area (TPSA) is 107 Å². The van der Waals surface area contributed by atoms with E-state index in [1.807, 2.05) is 29.9 Å². The standard InChI is InChI=1S/C26H38N4O5Si/c1-18-15-19(35-23(31)9-11-27)7-8-22(18)29(2)24-20-10-12-30(17-34-13-14-36(4,5)6)25(20)28-16-21(24)26(32)33-3/h10,12,16,18-19,22H,7-9,13-15,17H2,1-6H3. The molecule has 0 aromatic carbocycles. The van der Waals surface area contributed by atoms with Gasteiger partial charge in [-0.3, -0.25) is 4.79 Å². The Labute approximate surface area is 214 Å². The molecule has 2 aromatic rings. The van der Waals surface area contributed by atoms with Crippen molar-refractivity contribution in [2.24, 2.45) is 5.92 Å². The van der Waals surface area contributed by atoms with Gasteiger partial charge in [0.15, 0.2) is 0 Å². The molecule has 0 spiro atoms. The van der Waals surface area contributed by atoms with Gasteiger partial charge in [0.05, 0.1) is 18.9 Å². The fourth-order valence-electron chi connectivity index (χ4n) is 4.88. The van der Waals surface area contributed by atoms with Gasteiger partial charge in [-0.25, -0.2) is 9.78 Å². The van der Waals surface area contributed by atoms with Crippen LogP contribution in [-0.2, 0) is 25.7 Å². The Bertz CT molecular complexity index is 1120. The molecule has 0 aliphatic heterocycles. The maximum absolute atomic E-state index is 12.7. The summed E-state index contributed by atoms with van der Waals surface area (Å²) in [6.07, 6.45) is 5.28. The van der Waals surface area contributed by atoms with E-state index in [9.17, 15) is 9.59 Å². The van der Waals surface area contributed by atoms with Crippen molar-refractivity contribution in [3.05, 3.63) is 24.0 Å². The Morgan fingerprint density at radius 2 is 2.06 bits per heavy atom. The predicted molar refractivity (Wildman–Crippen MR) is 140 cm³/mol. The van der Waals surface area contributed by atoms with Crippen LogP contribution in [0, 0.1) is 17.2 Å². The molecule has 196 valence electrons. The summed E-state index contributed by atoms with van der Waals surface area (Å²) in [7, 11) is 2.19. The van der Waals surface area contributed by atoms with E-state index >= 15 is 0 Å². The number of esters is 2. The van der Waals surface area contributed by atoms with E-state index in [-0.39, 0.29) is 24.5 Å². The first kappa shape index (κ1) is 27.7. The van der Waals surface area contributed by atoms with Gasteiger partial charge < -0.3 is 23.7 Å². The first-order chi connectivity index (χ1) is 17.1. The van der Waals surface area contributed by atoms with Crippen LogP contribution in [0.3, 0.4) is 0 Å². The summed E-state index contributed by atoms with van der Waals surface area (Å²) >= 11 is 0. The smallest absolute Gasteiger partial charge is 0.341 e. The minimum atomic E-state index is -1.18. The van der Waals surface area contributed by atoms with Gasteiger partial charge in [-0.05, 0) is 37.3 Å². The van der Waals surface area contributed by atoms with Gasteiger partial charge in [-0.1, -0.05) is 26.6 Å². The minimum absolute atomic E-state index is 0.126. The van der Waals surface area contributed by atoms with E-state index in [2.05, 4.69) is 36.4 Å². The molecular weight excluding hydrogens is 476 g/mol. The molecule has 3 atom stereocenters. The minimum Gasteiger partial charge on any atom is -0.465 e. The van der Waals surface area contributed by atoms with Crippen molar-refractivity contribution in [1.29, 1.82) is 5.26 Å². The van der Waals surface area contributed by atoms with E-state index in [4.69, 9.17) is 19.5 Å². The van der Waals surface area contributed by atoms with E-state index in [1.165, 1.54) is 7.11 Å². The van der Waals surface area contributed by atoms with Gasteiger partial charge in [0.2, 0.25) is 0 Å². The summed E-state index contributed by atoms with van der Waals surface area (Å²) in [6.45, 7) is 10.2. The van der Waals surface area contributed by atoms with Crippen LogP contribution in [0.25, 0.3) is 11.0 Å². The van der Waals surface area contributed by atoms with Crippen LogP contribution in [-0.4, -0.2) is 62.5 Å². The van der Waals surface area contributed by atoms with Crippen LogP contribution in [0.2, 0.25) is 25.7 Å². The number of hydrogen-bond acceptors (Lipinski definition) is 8. The second-order valence-corrected chi connectivity index (χ2v) is 16.4. The molecule has 1 fully saturated rings. The Kier molecular flexibility index (Phi) is 9.14. The molecular formula is C26H38N4O5Si. The van der Waals surface area contributed by atoms with Crippen LogP contribution in [0.5, 0.6) is 0 Å². The summed E-state index contributed by atoms with van der Waals surface area (Å²) in [5.74, 6) is -0.708. The molecule has 1 saturated carbocycles. The first-order valence-electron chi connectivity index (χ1n) is 12.5. The number of rotatable bonds is 10. The van der Waals surface area contributed by atoms with Crippen LogP contribution in [0.1, 0.15) is 43.0 Å². The number of nitrogens with zero attached hydrogens (tertiary/aromatic N) is 4. The third kappa shape index (κ3) is 6.65. The number of carbonyl (C=O) groups excluding carboxylic acids is 2. The number of anilines is 1. The Morgan fingerprint density at radius 1 is 1.31 bits per heavy atom. The molecule has 3 unspecified atom stereocenters. The largest absolute Gasteiger partial charge is 0.465 e. The highest BCUT2D eigenvalue weighted by atomic mass is 28.3. The summed E-state index contributed by atoms with van der Waals surface area (Å²) in [4.78, 5) is 31.2. The number of carbonyl (C=O) groups is 2. The average molecular weight is 515 g/mol. The number of fused-ring (bicyclic) bond motifs is 1. The highest BCUT2D eigenvalue weighted by molar-refractivity contribution is 6.76. The van der Waals surface area contributed by atoms with Crippen molar-refractivity contribution < 1.29 is 23.8 Å². The van der Waals surface area contributed by atoms with Crippen molar-refractivity contribution in [2.45, 2.75) is 77.2 Å². The number of hydrogen-bond donors (Lipinski definition) is 0. The molecule has 0 bridgehead atoms. The first-order valence-corrected chi connectivity index (χ1v) is 16.2. The lowest BCUT2D eigenvalue weighted by molar-refractivity contribution is -0.150. The molecule has 2 aromatic heterocycles. The molecule has 0 amide bonds. The van der Waals surface area contributed by atoms with E-state index < -0.39 is 20.0 Å². The van der Waals surface area contributed by atoms with Crippen molar-refractivity contribution >= 4 is 36.7 Å². The van der Waals surface area contributed by atoms with Crippen LogP contribution in [0.4, 0.5) is 5.69 Å². The summed E-state index contributed by atoms with van der Waals surface area (Å²) < 4.78 is 18.5. The zero-order valence-electron chi connectivity index (χ0n) is 22.2. The van der Waals surface area contributed by atoms with E-state index in [1.54, 1.807) is 6.20 Å². The number of methoxy groups -OCH3 is 1. The Balaban J connectivity index is 1.84. The second kappa shape index (κ2) is 11.9. The predicted octanol–water partition coefficient (Wildman–Crippen LogP) is 4.59. The molecule has 0 saturated heterocycles. The SMILES string of the molecule is COC(=O)c1cnc2c(ccn2COCC[Si](C)(C)C)c1N(C)C1CCC(OC(=O)CC#N)CC1C. The number of pyridine rings is 1. The van der Waals surface area contributed by atoms with Crippen molar-refractivity contribution in [3.63, 3.8) is 0 Å². The van der Waals surface area contributed by atoms with Gasteiger partial charge in [0.1, 0.15) is 30.5 Å². The summed E-state index contributed by atoms with van der Waals surface area (Å²) in [5.41, 5.74) is 1.95.